The fourth-order valence-corrected chi connectivity index (χ4v) is 3.04. The largest absolute Gasteiger partial charge is 0.356 e. The Hall–Kier alpha value is -1.59. The van der Waals surface area contributed by atoms with Gasteiger partial charge in [0, 0.05) is 23.5 Å². The zero-order chi connectivity index (χ0) is 15.9. The first-order chi connectivity index (χ1) is 10.6. The molecule has 0 spiro atoms. The Labute approximate surface area is 139 Å². The minimum Gasteiger partial charge on any atom is -0.356 e. The van der Waals surface area contributed by atoms with Crippen LogP contribution < -0.4 is 10.6 Å². The summed E-state index contributed by atoms with van der Waals surface area (Å²) in [5.74, 6) is 0.420. The number of nitrogens with one attached hydrogen (secondary N) is 2. The van der Waals surface area contributed by atoms with Gasteiger partial charge in [0.25, 0.3) is 0 Å². The minimum atomic E-state index is -0.316. The van der Waals surface area contributed by atoms with Gasteiger partial charge < -0.3 is 10.6 Å². The number of halogens is 2. The van der Waals surface area contributed by atoms with Crippen LogP contribution in [-0.2, 0) is 6.42 Å². The molecule has 2 rings (SSSR count). The number of aliphatic imine (C=N–C) groups is 1. The lowest BCUT2D eigenvalue weighted by molar-refractivity contribution is 0.626. The van der Waals surface area contributed by atoms with Gasteiger partial charge in [0.1, 0.15) is 5.82 Å². The van der Waals surface area contributed by atoms with Crippen LogP contribution in [0.15, 0.2) is 40.7 Å². The molecule has 0 radical (unpaired) electrons. The van der Waals surface area contributed by atoms with Gasteiger partial charge in [0.15, 0.2) is 5.96 Å². The summed E-state index contributed by atoms with van der Waals surface area (Å²) in [7, 11) is 1.74. The maximum atomic E-state index is 13.0. The highest BCUT2D eigenvalue weighted by molar-refractivity contribution is 7.10. The number of rotatable bonds is 5. The number of hydrogen-bond acceptors (Lipinski definition) is 2. The molecule has 0 aliphatic carbocycles. The van der Waals surface area contributed by atoms with Crippen molar-refractivity contribution in [3.8, 4) is 0 Å². The van der Waals surface area contributed by atoms with Gasteiger partial charge in [0.2, 0.25) is 0 Å². The fourth-order valence-electron chi connectivity index (χ4n) is 2.05. The van der Waals surface area contributed by atoms with Crippen LogP contribution in [0.2, 0.25) is 5.02 Å². The zero-order valence-electron chi connectivity index (χ0n) is 12.6. The highest BCUT2D eigenvalue weighted by Gasteiger charge is 2.08. The number of nitrogens with zero attached hydrogens (tertiary/aromatic N) is 1. The quantitative estimate of drug-likeness (QED) is 0.638. The zero-order valence-corrected chi connectivity index (χ0v) is 14.1. The summed E-state index contributed by atoms with van der Waals surface area (Å²) in [4.78, 5) is 5.47. The van der Waals surface area contributed by atoms with Gasteiger partial charge in [0.05, 0.1) is 6.04 Å². The lowest BCUT2D eigenvalue weighted by Crippen LogP contribution is -2.39. The maximum absolute atomic E-state index is 13.0. The Morgan fingerprint density at radius 1 is 1.41 bits per heavy atom. The van der Waals surface area contributed by atoms with Gasteiger partial charge in [-0.05, 0) is 42.5 Å². The molecule has 0 amide bonds. The molecule has 0 bridgehead atoms. The molecule has 0 saturated heterocycles. The van der Waals surface area contributed by atoms with E-state index in [1.54, 1.807) is 24.5 Å². The number of guanidine groups is 1. The smallest absolute Gasteiger partial charge is 0.191 e. The van der Waals surface area contributed by atoms with E-state index in [1.807, 2.05) is 6.07 Å². The third-order valence-corrected chi connectivity index (χ3v) is 4.66. The monoisotopic (exact) mass is 339 g/mol. The van der Waals surface area contributed by atoms with Gasteiger partial charge in [-0.2, -0.15) is 0 Å². The first-order valence-electron chi connectivity index (χ1n) is 7.04. The summed E-state index contributed by atoms with van der Waals surface area (Å²) in [6.45, 7) is 2.76. The van der Waals surface area contributed by atoms with E-state index in [1.165, 1.54) is 17.0 Å². The average molecular weight is 340 g/mol. The van der Waals surface area contributed by atoms with Crippen molar-refractivity contribution < 1.29 is 4.39 Å². The first-order valence-corrected chi connectivity index (χ1v) is 8.30. The van der Waals surface area contributed by atoms with Crippen LogP contribution in [0.5, 0.6) is 0 Å². The Morgan fingerprint density at radius 2 is 2.23 bits per heavy atom. The van der Waals surface area contributed by atoms with Crippen molar-refractivity contribution in [3.05, 3.63) is 57.0 Å². The number of thiophene rings is 1. The molecule has 0 fully saturated rings. The molecule has 6 heteroatoms. The normalized spacial score (nSPS) is 13.0. The van der Waals surface area contributed by atoms with Crippen molar-refractivity contribution in [1.82, 2.24) is 10.6 Å². The second kappa shape index (κ2) is 8.15. The van der Waals surface area contributed by atoms with Crippen molar-refractivity contribution in [2.75, 3.05) is 13.6 Å². The van der Waals surface area contributed by atoms with E-state index in [0.717, 1.165) is 11.5 Å². The van der Waals surface area contributed by atoms with Crippen molar-refractivity contribution in [2.24, 2.45) is 4.99 Å². The van der Waals surface area contributed by atoms with E-state index in [0.29, 0.717) is 18.0 Å². The molecule has 1 heterocycles. The molecule has 118 valence electrons. The summed E-state index contributed by atoms with van der Waals surface area (Å²) in [6, 6.07) is 8.79. The Kier molecular flexibility index (Phi) is 6.21. The molecule has 3 nitrogen and oxygen atoms in total. The Balaban J connectivity index is 1.84. The molecule has 1 aromatic heterocycles. The Morgan fingerprint density at radius 3 is 2.86 bits per heavy atom. The third-order valence-electron chi connectivity index (χ3n) is 3.25. The third kappa shape index (κ3) is 4.71. The minimum absolute atomic E-state index is 0.195. The molecular weight excluding hydrogens is 321 g/mol. The number of benzene rings is 1. The van der Waals surface area contributed by atoms with Gasteiger partial charge in [-0.25, -0.2) is 4.39 Å². The topological polar surface area (TPSA) is 36.4 Å². The molecular formula is C16H19ClFN3S. The second-order valence-electron chi connectivity index (χ2n) is 4.87. The Bertz CT molecular complexity index is 628. The van der Waals surface area contributed by atoms with E-state index in [9.17, 15) is 4.39 Å². The lowest BCUT2D eigenvalue weighted by Gasteiger charge is -2.17. The van der Waals surface area contributed by atoms with E-state index in [4.69, 9.17) is 11.6 Å². The summed E-state index contributed by atoms with van der Waals surface area (Å²) in [5.41, 5.74) is 0.914. The molecule has 1 unspecified atom stereocenters. The van der Waals surface area contributed by atoms with E-state index in [2.05, 4.69) is 34.0 Å². The highest BCUT2D eigenvalue weighted by Crippen LogP contribution is 2.18. The van der Waals surface area contributed by atoms with Crippen LogP contribution in [0.25, 0.3) is 0 Å². The van der Waals surface area contributed by atoms with Crippen LogP contribution in [0, 0.1) is 5.82 Å². The van der Waals surface area contributed by atoms with Crippen molar-refractivity contribution in [3.63, 3.8) is 0 Å². The first kappa shape index (κ1) is 16.8. The van der Waals surface area contributed by atoms with Crippen LogP contribution in [0.4, 0.5) is 4.39 Å². The molecule has 0 aliphatic heterocycles. The van der Waals surface area contributed by atoms with Crippen molar-refractivity contribution >= 4 is 28.9 Å². The summed E-state index contributed by atoms with van der Waals surface area (Å²) < 4.78 is 13.0. The van der Waals surface area contributed by atoms with Gasteiger partial charge in [-0.3, -0.25) is 4.99 Å². The van der Waals surface area contributed by atoms with Crippen LogP contribution in [-0.4, -0.2) is 19.6 Å². The summed E-state index contributed by atoms with van der Waals surface area (Å²) in [5, 5.41) is 9.09. The van der Waals surface area contributed by atoms with E-state index < -0.39 is 0 Å². The molecule has 1 aromatic carbocycles. The molecule has 0 aliphatic rings. The highest BCUT2D eigenvalue weighted by atomic mass is 35.5. The predicted molar refractivity (Wildman–Crippen MR) is 92.3 cm³/mol. The van der Waals surface area contributed by atoms with E-state index >= 15 is 0 Å². The van der Waals surface area contributed by atoms with Crippen LogP contribution in [0.3, 0.4) is 0 Å². The molecule has 2 N–H and O–H groups in total. The average Bonchev–Trinajstić information content (AvgIpc) is 3.02. The van der Waals surface area contributed by atoms with Gasteiger partial charge in [-0.15, -0.1) is 11.3 Å². The predicted octanol–water partition coefficient (Wildman–Crippen LogP) is 4.01. The summed E-state index contributed by atoms with van der Waals surface area (Å²) in [6.07, 6.45) is 0.702. The SMILES string of the molecule is CN=C(NCCc1ccc(F)cc1Cl)NC(C)c1cccs1. The molecule has 1 atom stereocenters. The van der Waals surface area contributed by atoms with Crippen LogP contribution >= 0.6 is 22.9 Å². The van der Waals surface area contributed by atoms with E-state index in [-0.39, 0.29) is 11.9 Å². The standard InChI is InChI=1S/C16H19ClFN3S/c1-11(15-4-3-9-22-15)21-16(19-2)20-8-7-12-5-6-13(18)10-14(12)17/h3-6,9-11H,7-8H2,1-2H3,(H2,19,20,21). The van der Waals surface area contributed by atoms with Gasteiger partial charge in [-0.1, -0.05) is 23.7 Å². The molecule has 2 aromatic rings. The van der Waals surface area contributed by atoms with Gasteiger partial charge >= 0.3 is 0 Å². The van der Waals surface area contributed by atoms with Crippen LogP contribution in [0.1, 0.15) is 23.4 Å². The molecule has 22 heavy (non-hydrogen) atoms. The summed E-state index contributed by atoms with van der Waals surface area (Å²) >= 11 is 7.73. The molecule has 0 saturated carbocycles. The van der Waals surface area contributed by atoms with Crippen molar-refractivity contribution in [2.45, 2.75) is 19.4 Å². The second-order valence-corrected chi connectivity index (χ2v) is 6.25. The van der Waals surface area contributed by atoms with Crippen molar-refractivity contribution in [1.29, 1.82) is 0 Å². The number of hydrogen-bond donors (Lipinski definition) is 2. The lowest BCUT2D eigenvalue weighted by atomic mass is 10.1. The maximum Gasteiger partial charge on any atom is 0.191 e. The fraction of sp³-hybridized carbons (Fsp3) is 0.312.